The maximum Gasteiger partial charge on any atom is 0.227 e. The van der Waals surface area contributed by atoms with Crippen LogP contribution in [0.4, 0.5) is 0 Å². The molecule has 0 bridgehead atoms. The van der Waals surface area contributed by atoms with E-state index in [1.807, 2.05) is 26.8 Å². The number of aliphatic hydroxyl groups is 2. The number of fused-ring (bicyclic) bond motifs is 1. The van der Waals surface area contributed by atoms with E-state index in [0.29, 0.717) is 27.9 Å². The second kappa shape index (κ2) is 8.40. The zero-order chi connectivity index (χ0) is 22.5. The van der Waals surface area contributed by atoms with Crippen molar-refractivity contribution in [2.24, 2.45) is 5.92 Å². The summed E-state index contributed by atoms with van der Waals surface area (Å²) < 4.78 is 0. The van der Waals surface area contributed by atoms with E-state index in [4.69, 9.17) is 23.2 Å². The predicted molar refractivity (Wildman–Crippen MR) is 124 cm³/mol. The van der Waals surface area contributed by atoms with Gasteiger partial charge in [-0.15, -0.1) is 0 Å². The molecule has 2 N–H and O–H groups in total. The van der Waals surface area contributed by atoms with Crippen molar-refractivity contribution in [3.8, 4) is 0 Å². The molecule has 1 fully saturated rings. The SMILES string of the molecule is C[C@H]1c2cccc([C@H]3C[C@H]3C(C)(C)O)c2C[C@H](CO)N1C(=O)Cc1c(Cl)cccc1Cl. The molecule has 166 valence electrons. The van der Waals surface area contributed by atoms with Crippen LogP contribution >= 0.6 is 23.2 Å². The van der Waals surface area contributed by atoms with Crippen LogP contribution in [0.1, 0.15) is 61.4 Å². The molecule has 1 aliphatic carbocycles. The Morgan fingerprint density at radius 2 is 1.74 bits per heavy atom. The summed E-state index contributed by atoms with van der Waals surface area (Å²) in [5.41, 5.74) is 3.48. The highest BCUT2D eigenvalue weighted by Gasteiger charge is 2.49. The average molecular weight is 462 g/mol. The van der Waals surface area contributed by atoms with Crippen molar-refractivity contribution in [1.29, 1.82) is 0 Å². The fraction of sp³-hybridized carbons (Fsp3) is 0.480. The molecule has 31 heavy (non-hydrogen) atoms. The first-order valence-electron chi connectivity index (χ1n) is 10.8. The van der Waals surface area contributed by atoms with Gasteiger partial charge in [-0.05, 0) is 79.8 Å². The highest BCUT2D eigenvalue weighted by atomic mass is 35.5. The van der Waals surface area contributed by atoms with E-state index in [0.717, 1.165) is 12.0 Å². The normalized spacial score (nSPS) is 25.3. The van der Waals surface area contributed by atoms with Crippen molar-refractivity contribution in [2.45, 2.75) is 63.6 Å². The van der Waals surface area contributed by atoms with E-state index in [1.165, 1.54) is 11.1 Å². The number of nitrogens with zero attached hydrogens (tertiary/aromatic N) is 1. The molecule has 6 heteroatoms. The van der Waals surface area contributed by atoms with Crippen LogP contribution in [0.25, 0.3) is 0 Å². The first kappa shape index (κ1) is 22.6. The number of hydrogen-bond acceptors (Lipinski definition) is 3. The Bertz CT molecular complexity index is 980. The van der Waals surface area contributed by atoms with Crippen LogP contribution in [0, 0.1) is 5.92 Å². The van der Waals surface area contributed by atoms with Gasteiger partial charge in [-0.1, -0.05) is 47.5 Å². The van der Waals surface area contributed by atoms with E-state index < -0.39 is 5.60 Å². The Balaban J connectivity index is 1.64. The molecule has 0 spiro atoms. The minimum Gasteiger partial charge on any atom is -0.394 e. The molecule has 1 aliphatic heterocycles. The number of halogens is 2. The van der Waals surface area contributed by atoms with Gasteiger partial charge in [0, 0.05) is 10.0 Å². The zero-order valence-electron chi connectivity index (χ0n) is 18.1. The van der Waals surface area contributed by atoms with Crippen molar-refractivity contribution < 1.29 is 15.0 Å². The monoisotopic (exact) mass is 461 g/mol. The third-order valence-corrected chi connectivity index (χ3v) is 7.64. The molecule has 1 amide bonds. The van der Waals surface area contributed by atoms with Crippen molar-refractivity contribution in [3.05, 3.63) is 68.7 Å². The molecule has 4 rings (SSSR count). The van der Waals surface area contributed by atoms with Crippen LogP contribution in [-0.4, -0.2) is 39.3 Å². The number of carbonyl (C=O) groups is 1. The van der Waals surface area contributed by atoms with E-state index in [-0.39, 0.29) is 36.9 Å². The van der Waals surface area contributed by atoms with Gasteiger partial charge in [0.1, 0.15) is 0 Å². The highest BCUT2D eigenvalue weighted by Crippen LogP contribution is 2.55. The fourth-order valence-electron chi connectivity index (χ4n) is 5.23. The molecule has 0 saturated heterocycles. The summed E-state index contributed by atoms with van der Waals surface area (Å²) in [6.07, 6.45) is 1.66. The Morgan fingerprint density at radius 1 is 1.13 bits per heavy atom. The number of carbonyl (C=O) groups excluding carboxylic acids is 1. The summed E-state index contributed by atoms with van der Waals surface area (Å²) in [5, 5.41) is 21.5. The van der Waals surface area contributed by atoms with Gasteiger partial charge in [0.25, 0.3) is 0 Å². The number of benzene rings is 2. The molecule has 0 aromatic heterocycles. The van der Waals surface area contributed by atoms with Crippen molar-refractivity contribution in [1.82, 2.24) is 4.90 Å². The Kier molecular flexibility index (Phi) is 6.12. The Hall–Kier alpha value is -1.59. The second-order valence-corrected chi connectivity index (χ2v) is 10.2. The van der Waals surface area contributed by atoms with E-state index >= 15 is 0 Å². The number of aliphatic hydroxyl groups excluding tert-OH is 1. The first-order valence-corrected chi connectivity index (χ1v) is 11.6. The van der Waals surface area contributed by atoms with Crippen LogP contribution in [0.5, 0.6) is 0 Å². The lowest BCUT2D eigenvalue weighted by molar-refractivity contribution is -0.137. The standard InChI is InChI=1S/C25H29Cl2NO3/c1-14-16-6-4-7-17(19-11-21(19)25(2,3)31)18(16)10-15(13-29)28(14)24(30)12-20-22(26)8-5-9-23(20)27/h4-9,14-15,19,21,29,31H,10-13H2,1-3H3/t14-,15+,19+,21+/m0/s1. The molecular formula is C25H29Cl2NO3. The van der Waals surface area contributed by atoms with E-state index in [2.05, 4.69) is 12.1 Å². The third kappa shape index (κ3) is 4.23. The highest BCUT2D eigenvalue weighted by molar-refractivity contribution is 6.36. The summed E-state index contributed by atoms with van der Waals surface area (Å²) in [6, 6.07) is 11.0. The van der Waals surface area contributed by atoms with Crippen molar-refractivity contribution in [3.63, 3.8) is 0 Å². The maximum absolute atomic E-state index is 13.3. The molecular weight excluding hydrogens is 433 g/mol. The van der Waals surface area contributed by atoms with Crippen LogP contribution < -0.4 is 0 Å². The lowest BCUT2D eigenvalue weighted by Gasteiger charge is -2.42. The molecule has 2 aliphatic rings. The van der Waals surface area contributed by atoms with Gasteiger partial charge in [-0.2, -0.15) is 0 Å². The smallest absolute Gasteiger partial charge is 0.227 e. The number of amides is 1. The van der Waals surface area contributed by atoms with Crippen molar-refractivity contribution in [2.75, 3.05) is 6.61 Å². The lowest BCUT2D eigenvalue weighted by atomic mass is 9.83. The third-order valence-electron chi connectivity index (χ3n) is 6.93. The molecule has 2 aromatic rings. The molecule has 1 saturated carbocycles. The molecule has 2 aromatic carbocycles. The van der Waals surface area contributed by atoms with Crippen LogP contribution in [0.3, 0.4) is 0 Å². The minimum atomic E-state index is -0.708. The van der Waals surface area contributed by atoms with Crippen LogP contribution in [0.15, 0.2) is 36.4 Å². The zero-order valence-corrected chi connectivity index (χ0v) is 19.6. The van der Waals surface area contributed by atoms with Crippen molar-refractivity contribution >= 4 is 29.1 Å². The fourth-order valence-corrected chi connectivity index (χ4v) is 5.76. The molecule has 1 heterocycles. The van der Waals surface area contributed by atoms with Gasteiger partial charge >= 0.3 is 0 Å². The summed E-state index contributed by atoms with van der Waals surface area (Å²) >= 11 is 12.6. The quantitative estimate of drug-likeness (QED) is 0.664. The molecule has 4 atom stereocenters. The maximum atomic E-state index is 13.3. The molecule has 0 radical (unpaired) electrons. The van der Waals surface area contributed by atoms with Gasteiger partial charge in [-0.3, -0.25) is 4.79 Å². The summed E-state index contributed by atoms with van der Waals surface area (Å²) in [5.74, 6) is 0.466. The van der Waals surface area contributed by atoms with E-state index in [1.54, 1.807) is 23.1 Å². The van der Waals surface area contributed by atoms with Gasteiger partial charge in [0.05, 0.1) is 30.7 Å². The number of rotatable bonds is 5. The van der Waals surface area contributed by atoms with Crippen LogP contribution in [0.2, 0.25) is 10.0 Å². The summed E-state index contributed by atoms with van der Waals surface area (Å²) in [4.78, 5) is 15.1. The predicted octanol–water partition coefficient (Wildman–Crippen LogP) is 4.92. The Morgan fingerprint density at radius 3 is 2.32 bits per heavy atom. The average Bonchev–Trinajstić information content (AvgIpc) is 3.51. The largest absolute Gasteiger partial charge is 0.394 e. The van der Waals surface area contributed by atoms with Gasteiger partial charge in [0.2, 0.25) is 5.91 Å². The summed E-state index contributed by atoms with van der Waals surface area (Å²) in [6.45, 7) is 5.63. The van der Waals surface area contributed by atoms with Gasteiger partial charge in [0.15, 0.2) is 0 Å². The van der Waals surface area contributed by atoms with Crippen LogP contribution in [-0.2, 0) is 17.6 Å². The molecule has 4 nitrogen and oxygen atoms in total. The summed E-state index contributed by atoms with van der Waals surface area (Å²) in [7, 11) is 0. The first-order chi connectivity index (χ1) is 14.6. The van der Waals surface area contributed by atoms with Gasteiger partial charge in [-0.25, -0.2) is 0 Å². The second-order valence-electron chi connectivity index (χ2n) is 9.41. The topological polar surface area (TPSA) is 60.8 Å². The minimum absolute atomic E-state index is 0.0950. The van der Waals surface area contributed by atoms with Gasteiger partial charge < -0.3 is 15.1 Å². The number of hydrogen-bond donors (Lipinski definition) is 2. The van der Waals surface area contributed by atoms with E-state index in [9.17, 15) is 15.0 Å². The molecule has 0 unspecified atom stereocenters. The Labute approximate surface area is 193 Å². The lowest BCUT2D eigenvalue weighted by Crippen LogP contribution is -2.49.